The lowest BCUT2D eigenvalue weighted by Gasteiger charge is -2.25. The quantitative estimate of drug-likeness (QED) is 0.785. The van der Waals surface area contributed by atoms with Crippen molar-refractivity contribution < 1.29 is 5.11 Å². The summed E-state index contributed by atoms with van der Waals surface area (Å²) < 4.78 is 0. The zero-order valence-electron chi connectivity index (χ0n) is 9.45. The van der Waals surface area contributed by atoms with E-state index in [9.17, 15) is 5.11 Å². The van der Waals surface area contributed by atoms with Crippen molar-refractivity contribution in [3.63, 3.8) is 0 Å². The van der Waals surface area contributed by atoms with Crippen LogP contribution in [0.4, 0.5) is 0 Å². The highest BCUT2D eigenvalue weighted by Crippen LogP contribution is 2.27. The van der Waals surface area contributed by atoms with Crippen molar-refractivity contribution >= 4 is 0 Å². The maximum atomic E-state index is 9.44. The summed E-state index contributed by atoms with van der Waals surface area (Å²) in [7, 11) is 0. The summed E-state index contributed by atoms with van der Waals surface area (Å²) in [5.41, 5.74) is 2.81. The van der Waals surface area contributed by atoms with Gasteiger partial charge in [0.2, 0.25) is 0 Å². The normalized spacial score (nSPS) is 26.5. The molecule has 0 heterocycles. The molecule has 0 amide bonds. The first-order chi connectivity index (χ1) is 7.24. The molecule has 0 spiro atoms. The van der Waals surface area contributed by atoms with Crippen LogP contribution in [0.15, 0.2) is 24.3 Å². The van der Waals surface area contributed by atoms with Gasteiger partial charge < -0.3 is 5.11 Å². The highest BCUT2D eigenvalue weighted by atomic mass is 16.3. The van der Waals surface area contributed by atoms with Gasteiger partial charge in [0.15, 0.2) is 0 Å². The summed E-state index contributed by atoms with van der Waals surface area (Å²) in [6.45, 7) is 2.15. The first-order valence-electron chi connectivity index (χ1n) is 5.97. The van der Waals surface area contributed by atoms with Gasteiger partial charge in [0, 0.05) is 0 Å². The van der Waals surface area contributed by atoms with Crippen LogP contribution in [-0.4, -0.2) is 11.2 Å². The summed E-state index contributed by atoms with van der Waals surface area (Å²) in [5.74, 6) is 0.787. The smallest absolute Gasteiger partial charge is 0.0540 e. The molecule has 0 saturated heterocycles. The van der Waals surface area contributed by atoms with Gasteiger partial charge in [-0.2, -0.15) is 0 Å². The Kier molecular flexibility index (Phi) is 3.42. The van der Waals surface area contributed by atoms with Crippen LogP contribution < -0.4 is 0 Å². The van der Waals surface area contributed by atoms with Crippen LogP contribution in [0.3, 0.4) is 0 Å². The number of hydrogen-bond donors (Lipinski definition) is 1. The molecule has 1 N–H and O–H groups in total. The maximum absolute atomic E-state index is 9.44. The van der Waals surface area contributed by atoms with E-state index < -0.39 is 0 Å². The SMILES string of the molecule is Cc1cccc(CC2CCC(O)CC2)c1. The highest BCUT2D eigenvalue weighted by molar-refractivity contribution is 5.22. The van der Waals surface area contributed by atoms with Crippen LogP contribution in [0.25, 0.3) is 0 Å². The molecule has 0 radical (unpaired) electrons. The standard InChI is InChI=1S/C14H20O/c1-11-3-2-4-13(9-11)10-12-5-7-14(15)8-6-12/h2-4,9,12,14-15H,5-8,10H2,1H3. The Hall–Kier alpha value is -0.820. The number of aliphatic hydroxyl groups excluding tert-OH is 1. The number of benzene rings is 1. The molecule has 0 aliphatic heterocycles. The second-order valence-corrected chi connectivity index (χ2v) is 4.87. The van der Waals surface area contributed by atoms with Gasteiger partial charge in [-0.1, -0.05) is 29.8 Å². The molecule has 0 unspecified atom stereocenters. The van der Waals surface area contributed by atoms with Gasteiger partial charge in [-0.15, -0.1) is 0 Å². The summed E-state index contributed by atoms with van der Waals surface area (Å²) in [5, 5.41) is 9.44. The zero-order valence-corrected chi connectivity index (χ0v) is 9.45. The molecule has 15 heavy (non-hydrogen) atoms. The minimum atomic E-state index is -0.0289. The lowest BCUT2D eigenvalue weighted by Crippen LogP contribution is -2.19. The Bertz CT molecular complexity index is 311. The second kappa shape index (κ2) is 4.80. The average molecular weight is 204 g/mol. The lowest BCUT2D eigenvalue weighted by molar-refractivity contribution is 0.109. The molecule has 1 aliphatic carbocycles. The van der Waals surface area contributed by atoms with Crippen molar-refractivity contribution in [3.05, 3.63) is 35.4 Å². The Morgan fingerprint density at radius 3 is 2.60 bits per heavy atom. The van der Waals surface area contributed by atoms with Crippen LogP contribution in [0.1, 0.15) is 36.8 Å². The van der Waals surface area contributed by atoms with E-state index in [1.54, 1.807) is 0 Å². The van der Waals surface area contributed by atoms with Crippen LogP contribution >= 0.6 is 0 Å². The number of rotatable bonds is 2. The van der Waals surface area contributed by atoms with E-state index in [1.165, 1.54) is 30.4 Å². The molecule has 1 fully saturated rings. The molecule has 1 saturated carbocycles. The summed E-state index contributed by atoms with van der Waals surface area (Å²) >= 11 is 0. The maximum Gasteiger partial charge on any atom is 0.0540 e. The Morgan fingerprint density at radius 2 is 1.93 bits per heavy atom. The third-order valence-electron chi connectivity index (χ3n) is 3.42. The lowest BCUT2D eigenvalue weighted by atomic mass is 9.83. The van der Waals surface area contributed by atoms with Crippen LogP contribution in [-0.2, 0) is 6.42 Å². The first kappa shape index (κ1) is 10.7. The van der Waals surface area contributed by atoms with E-state index in [0.717, 1.165) is 18.8 Å². The topological polar surface area (TPSA) is 20.2 Å². The molecule has 2 rings (SSSR count). The van der Waals surface area contributed by atoms with Crippen molar-refractivity contribution in [2.45, 2.75) is 45.1 Å². The van der Waals surface area contributed by atoms with E-state index in [1.807, 2.05) is 0 Å². The monoisotopic (exact) mass is 204 g/mol. The van der Waals surface area contributed by atoms with Crippen LogP contribution in [0.5, 0.6) is 0 Å². The van der Waals surface area contributed by atoms with Crippen molar-refractivity contribution in [3.8, 4) is 0 Å². The van der Waals surface area contributed by atoms with Crippen molar-refractivity contribution in [2.75, 3.05) is 0 Å². The van der Waals surface area contributed by atoms with Gasteiger partial charge in [0.05, 0.1) is 6.10 Å². The molecular formula is C14H20O. The minimum Gasteiger partial charge on any atom is -0.393 e. The highest BCUT2D eigenvalue weighted by Gasteiger charge is 2.19. The summed E-state index contributed by atoms with van der Waals surface area (Å²) in [4.78, 5) is 0. The molecule has 0 aromatic heterocycles. The van der Waals surface area contributed by atoms with Crippen molar-refractivity contribution in [1.82, 2.24) is 0 Å². The molecule has 1 aromatic rings. The third-order valence-corrected chi connectivity index (χ3v) is 3.42. The van der Waals surface area contributed by atoms with E-state index in [0.29, 0.717) is 0 Å². The Balaban J connectivity index is 1.92. The summed E-state index contributed by atoms with van der Waals surface area (Å²) in [6.07, 6.45) is 5.53. The molecule has 1 aliphatic rings. The average Bonchev–Trinajstić information content (AvgIpc) is 2.22. The fraction of sp³-hybridized carbons (Fsp3) is 0.571. The predicted molar refractivity (Wildman–Crippen MR) is 62.8 cm³/mol. The van der Waals surface area contributed by atoms with Crippen LogP contribution in [0, 0.1) is 12.8 Å². The molecule has 1 aromatic carbocycles. The predicted octanol–water partition coefficient (Wildman–Crippen LogP) is 3.09. The van der Waals surface area contributed by atoms with Gasteiger partial charge in [0.1, 0.15) is 0 Å². The molecule has 0 bridgehead atoms. The van der Waals surface area contributed by atoms with Crippen molar-refractivity contribution in [1.29, 1.82) is 0 Å². The van der Waals surface area contributed by atoms with Crippen LogP contribution in [0.2, 0.25) is 0 Å². The fourth-order valence-corrected chi connectivity index (χ4v) is 2.52. The summed E-state index contributed by atoms with van der Waals surface area (Å²) in [6, 6.07) is 8.79. The van der Waals surface area contributed by atoms with Gasteiger partial charge in [-0.25, -0.2) is 0 Å². The number of hydrogen-bond acceptors (Lipinski definition) is 1. The Labute approximate surface area is 92.1 Å². The van der Waals surface area contributed by atoms with Gasteiger partial charge in [-0.3, -0.25) is 0 Å². The van der Waals surface area contributed by atoms with E-state index in [-0.39, 0.29) is 6.10 Å². The first-order valence-corrected chi connectivity index (χ1v) is 5.97. The largest absolute Gasteiger partial charge is 0.393 e. The van der Waals surface area contributed by atoms with E-state index in [4.69, 9.17) is 0 Å². The van der Waals surface area contributed by atoms with Gasteiger partial charge in [0.25, 0.3) is 0 Å². The molecule has 1 heteroatoms. The molecule has 82 valence electrons. The Morgan fingerprint density at radius 1 is 1.20 bits per heavy atom. The molecule has 1 nitrogen and oxygen atoms in total. The van der Waals surface area contributed by atoms with E-state index in [2.05, 4.69) is 31.2 Å². The number of aryl methyl sites for hydroxylation is 1. The third kappa shape index (κ3) is 3.07. The zero-order chi connectivity index (χ0) is 10.7. The minimum absolute atomic E-state index is 0.0289. The second-order valence-electron chi connectivity index (χ2n) is 4.87. The molecular weight excluding hydrogens is 184 g/mol. The fourth-order valence-electron chi connectivity index (χ4n) is 2.52. The molecule has 0 atom stereocenters. The van der Waals surface area contributed by atoms with E-state index >= 15 is 0 Å². The van der Waals surface area contributed by atoms with Crippen molar-refractivity contribution in [2.24, 2.45) is 5.92 Å². The van der Waals surface area contributed by atoms with Gasteiger partial charge >= 0.3 is 0 Å². The number of aliphatic hydroxyl groups is 1. The van der Waals surface area contributed by atoms with Gasteiger partial charge in [-0.05, 0) is 50.5 Å².